The van der Waals surface area contributed by atoms with Gasteiger partial charge in [-0.05, 0) is 12.1 Å². The lowest BCUT2D eigenvalue weighted by Crippen LogP contribution is -2.43. The van der Waals surface area contributed by atoms with Crippen LogP contribution in [0.25, 0.3) is 10.2 Å². The maximum atomic E-state index is 12.2. The third-order valence-electron chi connectivity index (χ3n) is 3.33. The Balaban J connectivity index is 1.77. The molecule has 2 atom stereocenters. The third kappa shape index (κ3) is 2.67. The molecule has 0 saturated carbocycles. The van der Waals surface area contributed by atoms with Crippen molar-refractivity contribution >= 4 is 38.7 Å². The van der Waals surface area contributed by atoms with Crippen molar-refractivity contribution in [2.45, 2.75) is 18.6 Å². The topological polar surface area (TPSA) is 103 Å². The van der Waals surface area contributed by atoms with E-state index in [1.807, 2.05) is 24.3 Å². The van der Waals surface area contributed by atoms with Crippen LogP contribution in [0.3, 0.4) is 0 Å². The van der Waals surface area contributed by atoms with E-state index in [4.69, 9.17) is 5.11 Å². The highest BCUT2D eigenvalue weighted by Crippen LogP contribution is 2.26. The number of urea groups is 1. The van der Waals surface area contributed by atoms with Crippen molar-refractivity contribution in [2.24, 2.45) is 0 Å². The number of aliphatic hydroxyl groups excluding tert-OH is 1. The van der Waals surface area contributed by atoms with Gasteiger partial charge < -0.3 is 15.1 Å². The molecule has 0 bridgehead atoms. The Morgan fingerprint density at radius 2 is 2.14 bits per heavy atom. The number of fused-ring (bicyclic) bond motifs is 1. The fourth-order valence-electron chi connectivity index (χ4n) is 2.36. The predicted octanol–water partition coefficient (Wildman–Crippen LogP) is 1.35. The van der Waals surface area contributed by atoms with Crippen LogP contribution < -0.4 is 5.32 Å². The largest absolute Gasteiger partial charge is 0.480 e. The molecule has 2 amide bonds. The van der Waals surface area contributed by atoms with Crippen molar-refractivity contribution in [3.63, 3.8) is 0 Å². The van der Waals surface area contributed by atoms with E-state index in [1.54, 1.807) is 0 Å². The second kappa shape index (κ2) is 5.30. The number of hydrogen-bond acceptors (Lipinski definition) is 5. The number of benzene rings is 1. The molecule has 7 nitrogen and oxygen atoms in total. The van der Waals surface area contributed by atoms with Crippen molar-refractivity contribution in [1.82, 2.24) is 9.88 Å². The molecule has 2 heterocycles. The second-order valence-electron chi connectivity index (χ2n) is 4.81. The monoisotopic (exact) mass is 307 g/mol. The Bertz CT molecular complexity index is 669. The number of aliphatic carboxylic acids is 1. The standard InChI is InChI=1S/C13H13N3O4S/c17-7-5-9(11(18)19)16(6-7)13(20)15-12-14-8-3-1-2-4-10(8)21-12/h1-4,7,9,17H,5-6H2,(H,18,19)(H,14,15,20)/t7-,9-/m1/s1. The van der Waals surface area contributed by atoms with E-state index >= 15 is 0 Å². The number of anilines is 1. The number of thiazole rings is 1. The third-order valence-corrected chi connectivity index (χ3v) is 4.28. The predicted molar refractivity (Wildman–Crippen MR) is 77.4 cm³/mol. The minimum absolute atomic E-state index is 0.00763. The molecule has 3 N–H and O–H groups in total. The van der Waals surface area contributed by atoms with Crippen molar-refractivity contribution < 1.29 is 19.8 Å². The lowest BCUT2D eigenvalue weighted by molar-refractivity contribution is -0.141. The fourth-order valence-corrected chi connectivity index (χ4v) is 3.22. The molecule has 21 heavy (non-hydrogen) atoms. The summed E-state index contributed by atoms with van der Waals surface area (Å²) in [6, 6.07) is 5.89. The fraction of sp³-hybridized carbons (Fsp3) is 0.308. The summed E-state index contributed by atoms with van der Waals surface area (Å²) in [5.74, 6) is -1.12. The average Bonchev–Trinajstić information content (AvgIpc) is 3.01. The number of nitrogens with one attached hydrogen (secondary N) is 1. The highest BCUT2D eigenvalue weighted by Gasteiger charge is 2.39. The number of carbonyl (C=O) groups excluding carboxylic acids is 1. The molecule has 1 aliphatic heterocycles. The van der Waals surface area contributed by atoms with Crippen LogP contribution in [0.15, 0.2) is 24.3 Å². The van der Waals surface area contributed by atoms with Gasteiger partial charge in [0.2, 0.25) is 0 Å². The average molecular weight is 307 g/mol. The summed E-state index contributed by atoms with van der Waals surface area (Å²) in [6.07, 6.45) is -0.769. The lowest BCUT2D eigenvalue weighted by atomic mass is 10.2. The Labute approximate surface area is 123 Å². The molecule has 0 unspecified atom stereocenters. The van der Waals surface area contributed by atoms with E-state index in [-0.39, 0.29) is 13.0 Å². The molecule has 0 radical (unpaired) electrons. The van der Waals surface area contributed by atoms with Crippen LogP contribution in [0.1, 0.15) is 6.42 Å². The number of hydrogen-bond donors (Lipinski definition) is 3. The molecular formula is C13H13N3O4S. The van der Waals surface area contributed by atoms with Crippen LogP contribution in [-0.4, -0.2) is 50.8 Å². The van der Waals surface area contributed by atoms with Crippen LogP contribution in [0, 0.1) is 0 Å². The summed E-state index contributed by atoms with van der Waals surface area (Å²) in [6.45, 7) is 0.00763. The first-order valence-corrected chi connectivity index (χ1v) is 7.20. The highest BCUT2D eigenvalue weighted by atomic mass is 32.1. The molecule has 1 aromatic carbocycles. The summed E-state index contributed by atoms with van der Waals surface area (Å²) >= 11 is 1.32. The van der Waals surface area contributed by atoms with Crippen molar-refractivity contribution in [1.29, 1.82) is 0 Å². The number of aromatic nitrogens is 1. The van der Waals surface area contributed by atoms with Crippen molar-refractivity contribution in [2.75, 3.05) is 11.9 Å². The zero-order chi connectivity index (χ0) is 15.0. The van der Waals surface area contributed by atoms with Gasteiger partial charge in [0, 0.05) is 13.0 Å². The number of carboxylic acids is 1. The zero-order valence-corrected chi connectivity index (χ0v) is 11.7. The first-order chi connectivity index (χ1) is 10.0. The molecule has 1 aromatic heterocycles. The minimum Gasteiger partial charge on any atom is -0.480 e. The van der Waals surface area contributed by atoms with Gasteiger partial charge in [0.25, 0.3) is 0 Å². The number of rotatable bonds is 2. The van der Waals surface area contributed by atoms with Gasteiger partial charge in [-0.1, -0.05) is 23.5 Å². The molecule has 110 valence electrons. The van der Waals surface area contributed by atoms with Crippen molar-refractivity contribution in [3.8, 4) is 0 Å². The van der Waals surface area contributed by atoms with E-state index in [0.717, 1.165) is 15.1 Å². The molecule has 8 heteroatoms. The van der Waals surface area contributed by atoms with Gasteiger partial charge in [0.1, 0.15) is 6.04 Å². The van der Waals surface area contributed by atoms with Gasteiger partial charge in [-0.3, -0.25) is 5.32 Å². The first kappa shape index (κ1) is 13.8. The number of carbonyl (C=O) groups is 2. The van der Waals surface area contributed by atoms with Crippen LogP contribution >= 0.6 is 11.3 Å². The Hall–Kier alpha value is -2.19. The molecule has 1 fully saturated rings. The summed E-state index contributed by atoms with van der Waals surface area (Å²) < 4.78 is 0.934. The maximum absolute atomic E-state index is 12.2. The zero-order valence-electron chi connectivity index (χ0n) is 10.9. The van der Waals surface area contributed by atoms with Crippen LogP contribution in [0.4, 0.5) is 9.93 Å². The molecular weight excluding hydrogens is 294 g/mol. The van der Waals surface area contributed by atoms with Crippen LogP contribution in [-0.2, 0) is 4.79 Å². The number of nitrogens with zero attached hydrogens (tertiary/aromatic N) is 2. The minimum atomic E-state index is -1.12. The van der Waals surface area contributed by atoms with Gasteiger partial charge in [0.15, 0.2) is 5.13 Å². The van der Waals surface area contributed by atoms with E-state index < -0.39 is 24.1 Å². The maximum Gasteiger partial charge on any atom is 0.326 e. The van der Waals surface area contributed by atoms with E-state index in [2.05, 4.69) is 10.3 Å². The normalized spacial score (nSPS) is 21.7. The Morgan fingerprint density at radius 3 is 2.86 bits per heavy atom. The smallest absolute Gasteiger partial charge is 0.326 e. The van der Waals surface area contributed by atoms with E-state index in [0.29, 0.717) is 5.13 Å². The van der Waals surface area contributed by atoms with Gasteiger partial charge in [-0.25, -0.2) is 14.6 Å². The molecule has 3 rings (SSSR count). The summed E-state index contributed by atoms with van der Waals surface area (Å²) in [5.41, 5.74) is 0.772. The number of carboxylic acid groups (broad SMARTS) is 1. The summed E-state index contributed by atoms with van der Waals surface area (Å²) in [5, 5.41) is 21.6. The molecule has 2 aromatic rings. The quantitative estimate of drug-likeness (QED) is 0.777. The van der Waals surface area contributed by atoms with Crippen LogP contribution in [0.2, 0.25) is 0 Å². The molecule has 0 aliphatic carbocycles. The van der Waals surface area contributed by atoms with E-state index in [1.165, 1.54) is 11.3 Å². The number of amides is 2. The number of para-hydroxylation sites is 1. The molecule has 1 aliphatic rings. The second-order valence-corrected chi connectivity index (χ2v) is 5.84. The molecule has 1 saturated heterocycles. The summed E-state index contributed by atoms with van der Waals surface area (Å²) in [7, 11) is 0. The van der Waals surface area contributed by atoms with Gasteiger partial charge in [-0.15, -0.1) is 0 Å². The van der Waals surface area contributed by atoms with Gasteiger partial charge in [-0.2, -0.15) is 0 Å². The molecule has 0 spiro atoms. The van der Waals surface area contributed by atoms with Gasteiger partial charge in [0.05, 0.1) is 16.3 Å². The highest BCUT2D eigenvalue weighted by molar-refractivity contribution is 7.22. The number of likely N-dealkylation sites (tertiary alicyclic amines) is 1. The Morgan fingerprint density at radius 1 is 1.38 bits per heavy atom. The van der Waals surface area contributed by atoms with Gasteiger partial charge >= 0.3 is 12.0 Å². The number of β-amino-alcohol motifs (C(OH)–C–C–N with tert-alkyl or cyclic N) is 1. The van der Waals surface area contributed by atoms with Crippen molar-refractivity contribution in [3.05, 3.63) is 24.3 Å². The lowest BCUT2D eigenvalue weighted by Gasteiger charge is -2.20. The van der Waals surface area contributed by atoms with Crippen LogP contribution in [0.5, 0.6) is 0 Å². The first-order valence-electron chi connectivity index (χ1n) is 6.38. The van der Waals surface area contributed by atoms with E-state index in [9.17, 15) is 14.7 Å². The number of aliphatic hydroxyl groups is 1. The SMILES string of the molecule is O=C(O)[C@H]1C[C@@H](O)CN1C(=O)Nc1nc2ccccc2s1. The summed E-state index contributed by atoms with van der Waals surface area (Å²) in [4.78, 5) is 28.7. The Kier molecular flexibility index (Phi) is 3.48.